The topological polar surface area (TPSA) is 152 Å². The number of rotatable bonds is 4. The zero-order valence-electron chi connectivity index (χ0n) is 23.8. The molecule has 3 aromatic carbocycles. The van der Waals surface area contributed by atoms with Crippen LogP contribution in [0, 0.1) is 68.0 Å². The van der Waals surface area contributed by atoms with E-state index in [1.165, 1.54) is 48.5 Å². The summed E-state index contributed by atoms with van der Waals surface area (Å²) in [7, 11) is 0. The second kappa shape index (κ2) is 12.0. The van der Waals surface area contributed by atoms with E-state index in [1.807, 2.05) is 12.1 Å². The molecule has 5 rings (SSSR count). The van der Waals surface area contributed by atoms with Crippen molar-refractivity contribution >= 4 is 33.4 Å². The van der Waals surface area contributed by atoms with Crippen LogP contribution in [0.3, 0.4) is 0 Å². The van der Waals surface area contributed by atoms with Crippen molar-refractivity contribution in [2.24, 2.45) is 0 Å². The number of halogens is 6. The third-order valence-corrected chi connectivity index (χ3v) is 7.43. The Labute approximate surface area is 267 Å². The summed E-state index contributed by atoms with van der Waals surface area (Å²) in [6.07, 6.45) is -10.7. The van der Waals surface area contributed by atoms with Crippen molar-refractivity contribution in [1.82, 2.24) is 0 Å². The van der Waals surface area contributed by atoms with E-state index >= 15 is 0 Å². The molecule has 2 aliphatic rings. The average molecular weight is 647 g/mol. The van der Waals surface area contributed by atoms with Gasteiger partial charge >= 0.3 is 12.5 Å². The van der Waals surface area contributed by atoms with Gasteiger partial charge in [-0.3, -0.25) is 0 Å². The minimum absolute atomic E-state index is 0.0244. The molecule has 3 aromatic rings. The molecule has 0 saturated carbocycles. The Balaban J connectivity index is 1.78. The van der Waals surface area contributed by atoms with Crippen LogP contribution in [0.1, 0.15) is 38.9 Å². The van der Waals surface area contributed by atoms with Crippen LogP contribution < -0.4 is 4.74 Å². The second-order valence-corrected chi connectivity index (χ2v) is 10.2. The molecule has 0 heterocycles. The summed E-state index contributed by atoms with van der Waals surface area (Å²) in [5, 5.41) is 60.1. The van der Waals surface area contributed by atoms with E-state index in [-0.39, 0.29) is 72.4 Å². The van der Waals surface area contributed by atoms with Crippen LogP contribution in [0.15, 0.2) is 71.8 Å². The molecule has 0 saturated heterocycles. The lowest BCUT2D eigenvalue weighted by Gasteiger charge is -2.12. The first kappa shape index (κ1) is 32.3. The van der Waals surface area contributed by atoms with Crippen LogP contribution in [0.2, 0.25) is 0 Å². The van der Waals surface area contributed by atoms with Crippen molar-refractivity contribution in [1.29, 1.82) is 31.6 Å². The first-order chi connectivity index (χ1) is 22.8. The minimum atomic E-state index is -4.98. The zero-order valence-corrected chi connectivity index (χ0v) is 23.8. The first-order valence-electron chi connectivity index (χ1n) is 13.4. The summed E-state index contributed by atoms with van der Waals surface area (Å²) in [6.45, 7) is 0. The molecule has 48 heavy (non-hydrogen) atoms. The van der Waals surface area contributed by atoms with Gasteiger partial charge in [0.25, 0.3) is 0 Å². The lowest BCUT2D eigenvalue weighted by molar-refractivity contribution is -0.274. The summed E-state index contributed by atoms with van der Waals surface area (Å²) in [6, 6.07) is 23.3. The molecule has 0 radical (unpaired) electrons. The van der Waals surface area contributed by atoms with Gasteiger partial charge in [-0.15, -0.1) is 13.2 Å². The van der Waals surface area contributed by atoms with Crippen molar-refractivity contribution < 1.29 is 31.1 Å². The van der Waals surface area contributed by atoms with E-state index in [0.717, 1.165) is 12.1 Å². The zero-order chi connectivity index (χ0) is 35.0. The average Bonchev–Trinajstić information content (AvgIpc) is 3.52. The Morgan fingerprint density at radius 2 is 0.958 bits per heavy atom. The number of fused-ring (bicyclic) bond motifs is 2. The van der Waals surface area contributed by atoms with E-state index in [2.05, 4.69) is 4.74 Å². The number of hydrogen-bond donors (Lipinski definition) is 0. The Kier molecular flexibility index (Phi) is 8.11. The predicted octanol–water partition coefficient (Wildman–Crippen LogP) is 8.19. The van der Waals surface area contributed by atoms with E-state index < -0.39 is 35.9 Å². The number of nitriles is 6. The quantitative estimate of drug-likeness (QED) is 0.205. The van der Waals surface area contributed by atoms with Gasteiger partial charge in [-0.2, -0.15) is 44.7 Å². The molecule has 0 N–H and O–H groups in total. The van der Waals surface area contributed by atoms with Crippen molar-refractivity contribution in [3.8, 4) is 42.2 Å². The number of ether oxygens (including phenoxy) is 1. The van der Waals surface area contributed by atoms with Crippen LogP contribution >= 0.6 is 0 Å². The van der Waals surface area contributed by atoms with Gasteiger partial charge in [0.15, 0.2) is 0 Å². The third kappa shape index (κ3) is 5.73. The third-order valence-electron chi connectivity index (χ3n) is 7.43. The van der Waals surface area contributed by atoms with Gasteiger partial charge in [0, 0.05) is 33.4 Å². The maximum absolute atomic E-state index is 13.0. The van der Waals surface area contributed by atoms with Gasteiger partial charge in [0.2, 0.25) is 0 Å². The Morgan fingerprint density at radius 3 is 1.29 bits per heavy atom. The van der Waals surface area contributed by atoms with Crippen LogP contribution in [-0.2, 0) is 6.42 Å². The fourth-order valence-electron chi connectivity index (χ4n) is 5.66. The van der Waals surface area contributed by atoms with Gasteiger partial charge in [-0.05, 0) is 52.1 Å². The monoisotopic (exact) mass is 646 g/mol. The number of hydrogen-bond acceptors (Lipinski definition) is 7. The highest BCUT2D eigenvalue weighted by Crippen LogP contribution is 2.54. The molecule has 0 fully saturated rings. The molecular weight excluding hydrogens is 634 g/mol. The molecular formula is C35H12F6N6O. The Bertz CT molecular complexity index is 2100. The van der Waals surface area contributed by atoms with Crippen LogP contribution in [0.25, 0.3) is 33.4 Å². The number of nitrogens with zero attached hydrogens (tertiary/aromatic N) is 6. The molecule has 13 heteroatoms. The van der Waals surface area contributed by atoms with Gasteiger partial charge in [-0.25, -0.2) is 0 Å². The lowest BCUT2D eigenvalue weighted by Crippen LogP contribution is -2.17. The summed E-state index contributed by atoms with van der Waals surface area (Å²) >= 11 is 0. The summed E-state index contributed by atoms with van der Waals surface area (Å²) in [5.41, 5.74) is -0.202. The molecule has 0 amide bonds. The van der Waals surface area contributed by atoms with Crippen molar-refractivity contribution in [2.75, 3.05) is 0 Å². The molecule has 0 aromatic heterocycles. The minimum Gasteiger partial charge on any atom is -0.406 e. The Hall–Kier alpha value is -7.06. The van der Waals surface area contributed by atoms with Gasteiger partial charge in [-0.1, -0.05) is 36.4 Å². The maximum atomic E-state index is 13.0. The highest BCUT2D eigenvalue weighted by molar-refractivity contribution is 6.29. The normalized spacial score (nSPS) is 13.3. The lowest BCUT2D eigenvalue weighted by atomic mass is 9.90. The number of allylic oxidation sites excluding steroid dienone is 8. The van der Waals surface area contributed by atoms with Gasteiger partial charge in [0.1, 0.15) is 53.3 Å². The van der Waals surface area contributed by atoms with Gasteiger partial charge < -0.3 is 4.74 Å². The SMILES string of the molecule is N#CC(C#N)=C1C(c2ccc(CC(F)(F)F)cc2)=C(C#N)c2cc3c(cc21)C(C#N)=C(c1ccc(OC(F)(F)F)cc1)C3=C(C#N)C#N. The van der Waals surface area contributed by atoms with Crippen molar-refractivity contribution in [3.63, 3.8) is 0 Å². The maximum Gasteiger partial charge on any atom is 0.573 e. The van der Waals surface area contributed by atoms with Crippen molar-refractivity contribution in [2.45, 2.75) is 19.0 Å². The molecule has 0 bridgehead atoms. The standard InChI is InChI=1S/C35H12F6N6O/c36-34(37,38)11-18-1-3-19(4-2-18)30-28(16-46)24-9-27-25(10-26(24)32(30)21(12-42)13-43)29(17-47)31(33(27)22(14-44)15-45)20-5-7-23(8-6-20)48-35(39,40)41/h1-10H,11H2. The van der Waals surface area contributed by atoms with Gasteiger partial charge in [0.05, 0.1) is 17.6 Å². The highest BCUT2D eigenvalue weighted by Gasteiger charge is 2.38. The summed E-state index contributed by atoms with van der Waals surface area (Å²) < 4.78 is 81.1. The fraction of sp³-hybridized carbons (Fsp3) is 0.0857. The van der Waals surface area contributed by atoms with Crippen molar-refractivity contribution in [3.05, 3.63) is 111 Å². The molecule has 0 aliphatic heterocycles. The molecule has 230 valence electrons. The number of alkyl halides is 6. The van der Waals surface area contributed by atoms with E-state index in [1.54, 1.807) is 24.3 Å². The first-order valence-corrected chi connectivity index (χ1v) is 13.4. The number of benzene rings is 3. The van der Waals surface area contributed by atoms with Crippen LogP contribution in [0.4, 0.5) is 26.3 Å². The van der Waals surface area contributed by atoms with Crippen LogP contribution in [0.5, 0.6) is 5.75 Å². The smallest absolute Gasteiger partial charge is 0.406 e. The van der Waals surface area contributed by atoms with E-state index in [0.29, 0.717) is 0 Å². The predicted molar refractivity (Wildman–Crippen MR) is 157 cm³/mol. The molecule has 0 unspecified atom stereocenters. The molecule has 0 atom stereocenters. The largest absolute Gasteiger partial charge is 0.573 e. The molecule has 7 nitrogen and oxygen atoms in total. The molecule has 0 spiro atoms. The Morgan fingerprint density at radius 1 is 0.562 bits per heavy atom. The fourth-order valence-corrected chi connectivity index (χ4v) is 5.66. The summed E-state index contributed by atoms with van der Waals surface area (Å²) in [4.78, 5) is 0. The van der Waals surface area contributed by atoms with Crippen LogP contribution in [-0.4, -0.2) is 12.5 Å². The summed E-state index contributed by atoms with van der Waals surface area (Å²) in [5.74, 6) is -0.566. The highest BCUT2D eigenvalue weighted by atomic mass is 19.4. The van der Waals surface area contributed by atoms with E-state index in [9.17, 15) is 57.9 Å². The van der Waals surface area contributed by atoms with E-state index in [4.69, 9.17) is 0 Å². The molecule has 2 aliphatic carbocycles. The second-order valence-electron chi connectivity index (χ2n) is 10.2.